The summed E-state index contributed by atoms with van der Waals surface area (Å²) in [5, 5.41) is 13.7. The number of methoxy groups -OCH3 is 1. The van der Waals surface area contributed by atoms with Crippen molar-refractivity contribution in [1.82, 2.24) is 19.7 Å². The van der Waals surface area contributed by atoms with Crippen LogP contribution in [0.4, 0.5) is 5.82 Å². The highest BCUT2D eigenvalue weighted by atomic mass is 16.5. The average molecular weight is 467 g/mol. The molecule has 0 saturated heterocycles. The van der Waals surface area contributed by atoms with E-state index in [-0.39, 0.29) is 12.3 Å². The van der Waals surface area contributed by atoms with Crippen LogP contribution in [0.15, 0.2) is 79.0 Å². The topological polar surface area (TPSA) is 110 Å². The van der Waals surface area contributed by atoms with E-state index in [4.69, 9.17) is 15.7 Å². The summed E-state index contributed by atoms with van der Waals surface area (Å²) in [4.78, 5) is 19.2. The number of carbonyl (C=O) groups is 1. The number of ether oxygens (including phenoxy) is 1. The van der Waals surface area contributed by atoms with Crippen LogP contribution in [-0.2, 0) is 6.42 Å². The molecule has 2 aromatic carbocycles. The van der Waals surface area contributed by atoms with Crippen LogP contribution >= 0.6 is 0 Å². The molecule has 0 aliphatic carbocycles. The number of nitrogen functional groups attached to an aromatic ring is 1. The largest absolute Gasteiger partial charge is 0.497 e. The summed E-state index contributed by atoms with van der Waals surface area (Å²) in [7, 11) is 1.62. The number of carbonyl (C=O) groups excluding carboxylic acids is 1. The highest BCUT2D eigenvalue weighted by molar-refractivity contribution is 5.94. The Labute approximate surface area is 204 Å². The van der Waals surface area contributed by atoms with E-state index in [0.29, 0.717) is 30.9 Å². The number of nitrogens with zero attached hydrogens (tertiary/aromatic N) is 5. The van der Waals surface area contributed by atoms with Gasteiger partial charge in [0, 0.05) is 48.6 Å². The molecule has 8 heteroatoms. The van der Waals surface area contributed by atoms with E-state index in [2.05, 4.69) is 16.2 Å². The molecule has 0 radical (unpaired) electrons. The fourth-order valence-electron chi connectivity index (χ4n) is 3.73. The first kappa shape index (κ1) is 23.5. The Morgan fingerprint density at radius 1 is 1.09 bits per heavy atom. The summed E-state index contributed by atoms with van der Waals surface area (Å²) in [5.74, 6) is 1.13. The van der Waals surface area contributed by atoms with E-state index in [1.165, 1.54) is 0 Å². The zero-order chi connectivity index (χ0) is 24.6. The van der Waals surface area contributed by atoms with Gasteiger partial charge in [0.25, 0.3) is 5.91 Å². The maximum atomic E-state index is 13.2. The molecule has 0 spiro atoms. The van der Waals surface area contributed by atoms with Gasteiger partial charge in [-0.15, -0.1) is 0 Å². The maximum Gasteiger partial charge on any atom is 0.253 e. The summed E-state index contributed by atoms with van der Waals surface area (Å²) >= 11 is 0. The van der Waals surface area contributed by atoms with Crippen molar-refractivity contribution in [3.8, 4) is 28.8 Å². The highest BCUT2D eigenvalue weighted by Gasteiger charge is 2.17. The minimum absolute atomic E-state index is 0.130. The Morgan fingerprint density at radius 3 is 2.51 bits per heavy atom. The van der Waals surface area contributed by atoms with Gasteiger partial charge < -0.3 is 15.4 Å². The standard InChI is InChI=1S/C27H26N6O2/c1-35-24-12-8-20(9-13-24)25-19-26(29)33(31-25)23-10-6-21(7-11-23)27(34)32(17-4-15-28)18-14-22-5-2-3-16-30-22/h2-3,5-13,16,19H,4,14,17-18,29H2,1H3. The quantitative estimate of drug-likeness (QED) is 0.397. The normalized spacial score (nSPS) is 10.5. The number of hydrogen-bond acceptors (Lipinski definition) is 6. The van der Waals surface area contributed by atoms with E-state index in [1.54, 1.807) is 35.0 Å². The number of anilines is 1. The van der Waals surface area contributed by atoms with Crippen molar-refractivity contribution in [2.45, 2.75) is 12.8 Å². The van der Waals surface area contributed by atoms with E-state index in [1.807, 2.05) is 60.7 Å². The van der Waals surface area contributed by atoms with Crippen LogP contribution in [0.2, 0.25) is 0 Å². The molecule has 0 aliphatic heterocycles. The van der Waals surface area contributed by atoms with Crippen LogP contribution in [0, 0.1) is 11.3 Å². The number of aromatic nitrogens is 3. The molecular weight excluding hydrogens is 440 g/mol. The summed E-state index contributed by atoms with van der Waals surface area (Å²) in [6.07, 6.45) is 2.62. The summed E-state index contributed by atoms with van der Waals surface area (Å²) in [6, 6.07) is 24.4. The summed E-state index contributed by atoms with van der Waals surface area (Å²) < 4.78 is 6.85. The first-order chi connectivity index (χ1) is 17.1. The van der Waals surface area contributed by atoms with Gasteiger partial charge in [-0.25, -0.2) is 4.68 Å². The molecule has 2 N–H and O–H groups in total. The fourth-order valence-corrected chi connectivity index (χ4v) is 3.73. The molecule has 0 aliphatic rings. The zero-order valence-corrected chi connectivity index (χ0v) is 19.5. The minimum Gasteiger partial charge on any atom is -0.497 e. The summed E-state index contributed by atoms with van der Waals surface area (Å²) in [5.41, 5.74) is 10.1. The Morgan fingerprint density at radius 2 is 1.86 bits per heavy atom. The van der Waals surface area contributed by atoms with Gasteiger partial charge >= 0.3 is 0 Å². The molecule has 0 bridgehead atoms. The van der Waals surface area contributed by atoms with E-state index < -0.39 is 0 Å². The molecule has 4 rings (SSSR count). The zero-order valence-electron chi connectivity index (χ0n) is 19.5. The van der Waals surface area contributed by atoms with Gasteiger partial charge in [0.15, 0.2) is 0 Å². The molecule has 8 nitrogen and oxygen atoms in total. The van der Waals surface area contributed by atoms with E-state index in [0.717, 1.165) is 28.4 Å². The van der Waals surface area contributed by atoms with Gasteiger partial charge in [0.05, 0.1) is 31.0 Å². The van der Waals surface area contributed by atoms with Crippen molar-refractivity contribution < 1.29 is 9.53 Å². The van der Waals surface area contributed by atoms with Crippen LogP contribution in [0.1, 0.15) is 22.5 Å². The van der Waals surface area contributed by atoms with Crippen molar-refractivity contribution in [1.29, 1.82) is 5.26 Å². The molecule has 35 heavy (non-hydrogen) atoms. The van der Waals surface area contributed by atoms with Gasteiger partial charge in [-0.1, -0.05) is 6.07 Å². The van der Waals surface area contributed by atoms with E-state index >= 15 is 0 Å². The fraction of sp³-hybridized carbons (Fsp3) is 0.185. The lowest BCUT2D eigenvalue weighted by molar-refractivity contribution is 0.0760. The summed E-state index contributed by atoms with van der Waals surface area (Å²) in [6.45, 7) is 0.845. The second-order valence-electron chi connectivity index (χ2n) is 7.91. The predicted molar refractivity (Wildman–Crippen MR) is 134 cm³/mol. The lowest BCUT2D eigenvalue weighted by Crippen LogP contribution is -2.34. The monoisotopic (exact) mass is 466 g/mol. The van der Waals surface area contributed by atoms with Gasteiger partial charge in [0.1, 0.15) is 11.6 Å². The van der Waals surface area contributed by atoms with Gasteiger partial charge in [-0.3, -0.25) is 9.78 Å². The Kier molecular flexibility index (Phi) is 7.38. The number of nitrogens with two attached hydrogens (primary N) is 1. The van der Waals surface area contributed by atoms with E-state index in [9.17, 15) is 4.79 Å². The third kappa shape index (κ3) is 5.65. The number of nitriles is 1. The lowest BCUT2D eigenvalue weighted by Gasteiger charge is -2.21. The number of amides is 1. The molecule has 0 atom stereocenters. The Hall–Kier alpha value is -4.64. The number of pyridine rings is 1. The van der Waals surface area contributed by atoms with Crippen molar-refractivity contribution >= 4 is 11.7 Å². The third-order valence-corrected chi connectivity index (χ3v) is 5.63. The third-order valence-electron chi connectivity index (χ3n) is 5.63. The molecule has 0 unspecified atom stereocenters. The lowest BCUT2D eigenvalue weighted by atomic mass is 10.1. The highest BCUT2D eigenvalue weighted by Crippen LogP contribution is 2.25. The van der Waals surface area contributed by atoms with Crippen molar-refractivity contribution in [2.75, 3.05) is 25.9 Å². The molecule has 4 aromatic rings. The van der Waals surface area contributed by atoms with Gasteiger partial charge in [0.2, 0.25) is 0 Å². The number of hydrogen-bond donors (Lipinski definition) is 1. The van der Waals surface area contributed by atoms with Gasteiger partial charge in [-0.2, -0.15) is 10.4 Å². The average Bonchev–Trinajstić information content (AvgIpc) is 3.30. The Bertz CT molecular complexity index is 1310. The van der Waals surface area contributed by atoms with Crippen molar-refractivity contribution in [3.63, 3.8) is 0 Å². The number of rotatable bonds is 9. The van der Waals surface area contributed by atoms with Crippen LogP contribution in [0.5, 0.6) is 5.75 Å². The SMILES string of the molecule is COc1ccc(-c2cc(N)n(-c3ccc(C(=O)N(CCC#N)CCc4ccccn4)cc3)n2)cc1. The molecule has 1 amide bonds. The van der Waals surface area contributed by atoms with Crippen molar-refractivity contribution in [3.05, 3.63) is 90.3 Å². The first-order valence-corrected chi connectivity index (χ1v) is 11.3. The molecule has 176 valence electrons. The van der Waals surface area contributed by atoms with Crippen molar-refractivity contribution in [2.24, 2.45) is 0 Å². The molecule has 0 saturated carbocycles. The number of benzene rings is 2. The van der Waals surface area contributed by atoms with Crippen LogP contribution < -0.4 is 10.5 Å². The molecule has 2 heterocycles. The maximum absolute atomic E-state index is 13.2. The first-order valence-electron chi connectivity index (χ1n) is 11.3. The van der Waals surface area contributed by atoms with Crippen LogP contribution in [0.3, 0.4) is 0 Å². The van der Waals surface area contributed by atoms with Gasteiger partial charge in [-0.05, 0) is 60.7 Å². The van der Waals surface area contributed by atoms with Crippen LogP contribution in [-0.4, -0.2) is 45.8 Å². The Balaban J connectivity index is 1.50. The molecule has 2 aromatic heterocycles. The minimum atomic E-state index is -0.130. The second-order valence-corrected chi connectivity index (χ2v) is 7.91. The predicted octanol–water partition coefficient (Wildman–Crippen LogP) is 4.12. The van der Waals surface area contributed by atoms with Crippen LogP contribution in [0.25, 0.3) is 16.9 Å². The molecular formula is C27H26N6O2. The second kappa shape index (κ2) is 11.0. The molecule has 0 fully saturated rings. The smallest absolute Gasteiger partial charge is 0.253 e.